The zero-order chi connectivity index (χ0) is 15.0. The van der Waals surface area contributed by atoms with Crippen LogP contribution in [0.1, 0.15) is 26.2 Å². The summed E-state index contributed by atoms with van der Waals surface area (Å²) in [6.07, 6.45) is 4.37. The lowest BCUT2D eigenvalue weighted by Gasteiger charge is -2.32. The smallest absolute Gasteiger partial charge is 0.326 e. The van der Waals surface area contributed by atoms with Crippen LogP contribution in [0.25, 0.3) is 0 Å². The van der Waals surface area contributed by atoms with E-state index in [9.17, 15) is 9.59 Å². The molecule has 1 fully saturated rings. The normalized spacial score (nSPS) is 21.2. The molecule has 2 atom stereocenters. The zero-order valence-corrected chi connectivity index (χ0v) is 13.0. The topological polar surface area (TPSA) is 81.7 Å². The second-order valence-corrected chi connectivity index (χ2v) is 6.01. The maximum atomic E-state index is 11.9. The summed E-state index contributed by atoms with van der Waals surface area (Å²) in [4.78, 5) is 25.2. The molecule has 0 aromatic carbocycles. The number of amides is 2. The molecule has 0 radical (unpaired) electrons. The first-order chi connectivity index (χ1) is 9.56. The Bertz CT molecular complexity index is 328. The molecule has 0 bridgehead atoms. The minimum absolute atomic E-state index is 0.110. The van der Waals surface area contributed by atoms with E-state index < -0.39 is 12.0 Å². The Kier molecular flexibility index (Phi) is 7.76. The van der Waals surface area contributed by atoms with Gasteiger partial charge in [0.25, 0.3) is 0 Å². The third-order valence-electron chi connectivity index (χ3n) is 3.50. The lowest BCUT2D eigenvalue weighted by atomic mass is 10.1. The number of hydrogen-bond donors (Lipinski definition) is 3. The van der Waals surface area contributed by atoms with Gasteiger partial charge >= 0.3 is 12.0 Å². The van der Waals surface area contributed by atoms with Gasteiger partial charge in [0.2, 0.25) is 0 Å². The summed E-state index contributed by atoms with van der Waals surface area (Å²) in [7, 11) is 0. The van der Waals surface area contributed by atoms with Crippen molar-refractivity contribution in [3.05, 3.63) is 0 Å². The van der Waals surface area contributed by atoms with Crippen LogP contribution in [-0.4, -0.2) is 65.7 Å². The van der Waals surface area contributed by atoms with Crippen molar-refractivity contribution in [2.24, 2.45) is 0 Å². The molecule has 1 heterocycles. The average molecular weight is 303 g/mol. The maximum absolute atomic E-state index is 11.9. The molecule has 0 aromatic rings. The minimum Gasteiger partial charge on any atom is -0.480 e. The van der Waals surface area contributed by atoms with E-state index in [4.69, 9.17) is 5.11 Å². The predicted octanol–water partition coefficient (Wildman–Crippen LogP) is 0.976. The molecule has 1 unspecified atom stereocenters. The lowest BCUT2D eigenvalue weighted by Crippen LogP contribution is -2.53. The number of likely N-dealkylation sites (N-methyl/N-ethyl adjacent to an activating group) is 1. The molecule has 116 valence electrons. The van der Waals surface area contributed by atoms with Crippen molar-refractivity contribution < 1.29 is 14.7 Å². The van der Waals surface area contributed by atoms with Crippen LogP contribution in [0.5, 0.6) is 0 Å². The number of carboxylic acid groups (broad SMARTS) is 1. The standard InChI is InChI=1S/C13H25N3O3S/c1-3-16-7-4-5-10(9-16)14-13(19)15-11(12(17)18)6-8-20-2/h10-11H,3-9H2,1-2H3,(H,17,18)(H2,14,15,19)/t10?,11-/m1/s1. The van der Waals surface area contributed by atoms with E-state index in [0.29, 0.717) is 12.2 Å². The second kappa shape index (κ2) is 9.07. The molecule has 20 heavy (non-hydrogen) atoms. The molecule has 0 spiro atoms. The third-order valence-corrected chi connectivity index (χ3v) is 4.15. The number of nitrogens with zero attached hydrogens (tertiary/aromatic N) is 1. The van der Waals surface area contributed by atoms with Crippen LogP contribution in [0.15, 0.2) is 0 Å². The fraction of sp³-hybridized carbons (Fsp3) is 0.846. The lowest BCUT2D eigenvalue weighted by molar-refractivity contribution is -0.139. The molecule has 1 rings (SSSR count). The summed E-state index contributed by atoms with van der Waals surface area (Å²) in [6, 6.07) is -1.08. The third kappa shape index (κ3) is 6.00. The van der Waals surface area contributed by atoms with Crippen molar-refractivity contribution in [2.45, 2.75) is 38.3 Å². The average Bonchev–Trinajstić information content (AvgIpc) is 2.43. The van der Waals surface area contributed by atoms with Crippen LogP contribution in [0.3, 0.4) is 0 Å². The zero-order valence-electron chi connectivity index (χ0n) is 12.2. The number of nitrogens with one attached hydrogen (secondary N) is 2. The number of hydrogen-bond acceptors (Lipinski definition) is 4. The summed E-state index contributed by atoms with van der Waals surface area (Å²) in [5.74, 6) is -0.266. The summed E-state index contributed by atoms with van der Waals surface area (Å²) in [6.45, 7) is 4.99. The number of likely N-dealkylation sites (tertiary alicyclic amines) is 1. The van der Waals surface area contributed by atoms with Crippen molar-refractivity contribution in [3.63, 3.8) is 0 Å². The number of thioether (sulfide) groups is 1. The Labute approximate surface area is 124 Å². The highest BCUT2D eigenvalue weighted by Gasteiger charge is 2.23. The van der Waals surface area contributed by atoms with E-state index in [1.807, 2.05) is 6.26 Å². The quantitative estimate of drug-likeness (QED) is 0.653. The van der Waals surface area contributed by atoms with Crippen molar-refractivity contribution in [3.8, 4) is 0 Å². The molecule has 1 aliphatic heterocycles. The molecule has 2 amide bonds. The van der Waals surface area contributed by atoms with E-state index in [1.165, 1.54) is 0 Å². The van der Waals surface area contributed by atoms with Crippen LogP contribution >= 0.6 is 11.8 Å². The van der Waals surface area contributed by atoms with E-state index in [2.05, 4.69) is 22.5 Å². The number of carboxylic acids is 1. The monoisotopic (exact) mass is 303 g/mol. The molecular formula is C13H25N3O3S. The second-order valence-electron chi connectivity index (χ2n) is 5.02. The first-order valence-corrected chi connectivity index (χ1v) is 8.47. The van der Waals surface area contributed by atoms with Gasteiger partial charge < -0.3 is 20.6 Å². The van der Waals surface area contributed by atoms with Crippen LogP contribution in [0.2, 0.25) is 0 Å². The number of aliphatic carboxylic acids is 1. The molecule has 1 aliphatic rings. The van der Waals surface area contributed by atoms with E-state index in [1.54, 1.807) is 11.8 Å². The highest BCUT2D eigenvalue weighted by molar-refractivity contribution is 7.98. The number of rotatable bonds is 7. The molecule has 7 heteroatoms. The minimum atomic E-state index is -0.979. The van der Waals surface area contributed by atoms with Crippen molar-refractivity contribution >= 4 is 23.8 Å². The van der Waals surface area contributed by atoms with E-state index in [0.717, 1.165) is 32.5 Å². The SMILES string of the molecule is CCN1CCCC(NC(=O)N[C@H](CCSC)C(=O)O)C1. The highest BCUT2D eigenvalue weighted by Crippen LogP contribution is 2.09. The fourth-order valence-corrected chi connectivity index (χ4v) is 2.81. The Morgan fingerprint density at radius 1 is 1.50 bits per heavy atom. The molecule has 3 N–H and O–H groups in total. The van der Waals surface area contributed by atoms with Crippen LogP contribution in [0, 0.1) is 0 Å². The van der Waals surface area contributed by atoms with Gasteiger partial charge in [-0.15, -0.1) is 0 Å². The molecule has 6 nitrogen and oxygen atoms in total. The first kappa shape index (κ1) is 17.1. The number of urea groups is 1. The Hall–Kier alpha value is -0.950. The van der Waals surface area contributed by atoms with Crippen molar-refractivity contribution in [1.82, 2.24) is 15.5 Å². The van der Waals surface area contributed by atoms with Gasteiger partial charge in [-0.1, -0.05) is 6.92 Å². The predicted molar refractivity (Wildman–Crippen MR) is 81.2 cm³/mol. The molecule has 0 saturated carbocycles. The number of carbonyl (C=O) groups excluding carboxylic acids is 1. The van der Waals surface area contributed by atoms with Crippen LogP contribution in [-0.2, 0) is 4.79 Å². The van der Waals surface area contributed by atoms with Gasteiger partial charge in [0.1, 0.15) is 6.04 Å². The van der Waals surface area contributed by atoms with Gasteiger partial charge in [0, 0.05) is 12.6 Å². The van der Waals surface area contributed by atoms with Crippen LogP contribution < -0.4 is 10.6 Å². The van der Waals surface area contributed by atoms with Gasteiger partial charge in [0.15, 0.2) is 0 Å². The molecule has 1 saturated heterocycles. The summed E-state index contributed by atoms with van der Waals surface area (Å²) >= 11 is 1.57. The van der Waals surface area contributed by atoms with Gasteiger partial charge in [0.05, 0.1) is 0 Å². The maximum Gasteiger partial charge on any atom is 0.326 e. The Balaban J connectivity index is 2.38. The summed E-state index contributed by atoms with van der Waals surface area (Å²) in [5.41, 5.74) is 0. The number of piperidine rings is 1. The van der Waals surface area contributed by atoms with Gasteiger partial charge in [-0.25, -0.2) is 9.59 Å². The fourth-order valence-electron chi connectivity index (χ4n) is 2.34. The molecular weight excluding hydrogens is 278 g/mol. The first-order valence-electron chi connectivity index (χ1n) is 7.08. The Morgan fingerprint density at radius 2 is 2.25 bits per heavy atom. The van der Waals surface area contributed by atoms with Gasteiger partial charge in [-0.2, -0.15) is 11.8 Å². The highest BCUT2D eigenvalue weighted by atomic mass is 32.2. The molecule has 0 aromatic heterocycles. The van der Waals surface area contributed by atoms with E-state index >= 15 is 0 Å². The molecule has 0 aliphatic carbocycles. The van der Waals surface area contributed by atoms with Gasteiger partial charge in [-0.3, -0.25) is 0 Å². The van der Waals surface area contributed by atoms with Crippen molar-refractivity contribution in [1.29, 1.82) is 0 Å². The van der Waals surface area contributed by atoms with Crippen molar-refractivity contribution in [2.75, 3.05) is 31.6 Å². The number of carbonyl (C=O) groups is 2. The largest absolute Gasteiger partial charge is 0.480 e. The summed E-state index contributed by atoms with van der Waals surface area (Å²) < 4.78 is 0. The van der Waals surface area contributed by atoms with E-state index in [-0.39, 0.29) is 12.1 Å². The summed E-state index contributed by atoms with van der Waals surface area (Å²) in [5, 5.41) is 14.5. The van der Waals surface area contributed by atoms with Crippen LogP contribution in [0.4, 0.5) is 4.79 Å². The Morgan fingerprint density at radius 3 is 2.85 bits per heavy atom. The van der Waals surface area contributed by atoms with Gasteiger partial charge in [-0.05, 0) is 44.4 Å².